The maximum atomic E-state index is 10.1. The molecule has 3 rings (SSSR count). The maximum Gasteiger partial charge on any atom is 0.226 e. The lowest BCUT2D eigenvalue weighted by molar-refractivity contribution is -0.702. The normalized spacial score (nSPS) is 12.1. The van der Waals surface area contributed by atoms with E-state index in [0.29, 0.717) is 18.2 Å². The molecule has 2 heterocycles. The number of aromatic nitrogens is 2. The van der Waals surface area contributed by atoms with Gasteiger partial charge < -0.3 is 14.3 Å². The third-order valence-corrected chi connectivity index (χ3v) is 5.42. The number of aliphatic hydroxyl groups is 1. The number of oxazole rings is 1. The Morgan fingerprint density at radius 1 is 1.15 bits per heavy atom. The van der Waals surface area contributed by atoms with E-state index in [9.17, 15) is 5.11 Å². The highest BCUT2D eigenvalue weighted by molar-refractivity contribution is 7.99. The molecule has 27 heavy (non-hydrogen) atoms. The zero-order valence-corrected chi connectivity index (χ0v) is 16.5. The quantitative estimate of drug-likeness (QED) is 0.448. The van der Waals surface area contributed by atoms with Crippen molar-refractivity contribution in [1.82, 2.24) is 4.98 Å². The SMILES string of the molecule is CCCSCC(O)C[n+]1ccc(-c2cnc(-c3ccc(OC)cc3)o2)cc1. The predicted molar refractivity (Wildman–Crippen MR) is 108 cm³/mol. The molecular weight excluding hydrogens is 360 g/mol. The van der Waals surface area contributed by atoms with Gasteiger partial charge in [-0.15, -0.1) is 0 Å². The van der Waals surface area contributed by atoms with E-state index in [-0.39, 0.29) is 6.10 Å². The number of hydrogen-bond donors (Lipinski definition) is 1. The zero-order chi connectivity index (χ0) is 19.1. The third-order valence-electron chi connectivity index (χ3n) is 4.10. The van der Waals surface area contributed by atoms with Gasteiger partial charge in [-0.05, 0) is 36.4 Å². The first-order valence-corrected chi connectivity index (χ1v) is 10.2. The molecule has 0 bridgehead atoms. The molecular formula is C21H25N2O3S+. The molecule has 0 radical (unpaired) electrons. The van der Waals surface area contributed by atoms with Crippen molar-refractivity contribution in [2.24, 2.45) is 0 Å². The molecule has 1 unspecified atom stereocenters. The van der Waals surface area contributed by atoms with Crippen LogP contribution in [-0.2, 0) is 6.54 Å². The van der Waals surface area contributed by atoms with Crippen LogP contribution in [0.4, 0.5) is 0 Å². The Balaban J connectivity index is 1.64. The Kier molecular flexibility index (Phi) is 6.90. The number of hydrogen-bond acceptors (Lipinski definition) is 5. The molecule has 0 saturated carbocycles. The van der Waals surface area contributed by atoms with Crippen molar-refractivity contribution in [3.8, 4) is 28.5 Å². The lowest BCUT2D eigenvalue weighted by Gasteiger charge is -2.06. The number of methoxy groups -OCH3 is 1. The molecule has 0 aliphatic rings. The molecule has 1 aromatic carbocycles. The van der Waals surface area contributed by atoms with Gasteiger partial charge in [-0.2, -0.15) is 11.8 Å². The molecule has 6 heteroatoms. The molecule has 0 fully saturated rings. The zero-order valence-electron chi connectivity index (χ0n) is 15.7. The van der Waals surface area contributed by atoms with Gasteiger partial charge in [0.15, 0.2) is 24.7 Å². The molecule has 2 aromatic heterocycles. The van der Waals surface area contributed by atoms with Gasteiger partial charge in [0.25, 0.3) is 0 Å². The van der Waals surface area contributed by atoms with E-state index in [2.05, 4.69) is 11.9 Å². The van der Waals surface area contributed by atoms with E-state index in [1.165, 1.54) is 0 Å². The first kappa shape index (κ1) is 19.5. The number of nitrogens with zero attached hydrogens (tertiary/aromatic N) is 2. The summed E-state index contributed by atoms with van der Waals surface area (Å²) in [4.78, 5) is 4.37. The van der Waals surface area contributed by atoms with E-state index in [4.69, 9.17) is 9.15 Å². The molecule has 0 spiro atoms. The van der Waals surface area contributed by atoms with Crippen molar-refractivity contribution in [1.29, 1.82) is 0 Å². The van der Waals surface area contributed by atoms with Crippen molar-refractivity contribution in [3.05, 3.63) is 55.0 Å². The van der Waals surface area contributed by atoms with Crippen molar-refractivity contribution >= 4 is 11.8 Å². The molecule has 0 aliphatic heterocycles. The lowest BCUT2D eigenvalue weighted by atomic mass is 10.2. The molecule has 0 amide bonds. The molecule has 1 atom stereocenters. The summed E-state index contributed by atoms with van der Waals surface area (Å²) in [5, 5.41) is 10.1. The molecule has 0 aliphatic carbocycles. The van der Waals surface area contributed by atoms with E-state index < -0.39 is 0 Å². The summed E-state index contributed by atoms with van der Waals surface area (Å²) in [5.41, 5.74) is 1.86. The van der Waals surface area contributed by atoms with Crippen LogP contribution in [-0.4, -0.2) is 34.8 Å². The van der Waals surface area contributed by atoms with E-state index in [1.54, 1.807) is 25.1 Å². The number of benzene rings is 1. The maximum absolute atomic E-state index is 10.1. The average Bonchev–Trinajstić information content (AvgIpc) is 3.19. The van der Waals surface area contributed by atoms with Crippen LogP contribution in [0.5, 0.6) is 5.75 Å². The van der Waals surface area contributed by atoms with Gasteiger partial charge in [0, 0.05) is 29.0 Å². The second-order valence-corrected chi connectivity index (χ2v) is 7.42. The minimum Gasteiger partial charge on any atom is -0.497 e. The minimum absolute atomic E-state index is 0.343. The third kappa shape index (κ3) is 5.34. The summed E-state index contributed by atoms with van der Waals surface area (Å²) >= 11 is 1.79. The van der Waals surface area contributed by atoms with Gasteiger partial charge >= 0.3 is 0 Å². The fourth-order valence-electron chi connectivity index (χ4n) is 2.68. The number of thioether (sulfide) groups is 1. The van der Waals surface area contributed by atoms with Crippen LogP contribution in [0, 0.1) is 0 Å². The standard InChI is InChI=1S/C21H25N2O3S/c1-3-12-27-15-18(24)14-23-10-8-16(9-11-23)20-13-22-21(26-20)17-4-6-19(25-2)7-5-17/h4-11,13,18,24H,3,12,14-15H2,1-2H3/q+1. The molecule has 1 N–H and O–H groups in total. The number of pyridine rings is 1. The molecule has 142 valence electrons. The van der Waals surface area contributed by atoms with Crippen LogP contribution in [0.2, 0.25) is 0 Å². The van der Waals surface area contributed by atoms with Crippen molar-refractivity contribution < 1.29 is 18.8 Å². The van der Waals surface area contributed by atoms with Crippen molar-refractivity contribution in [3.63, 3.8) is 0 Å². The smallest absolute Gasteiger partial charge is 0.226 e. The number of rotatable bonds is 9. The van der Waals surface area contributed by atoms with Gasteiger partial charge in [-0.3, -0.25) is 0 Å². The van der Waals surface area contributed by atoms with Crippen LogP contribution >= 0.6 is 11.8 Å². The Morgan fingerprint density at radius 2 is 1.89 bits per heavy atom. The highest BCUT2D eigenvalue weighted by atomic mass is 32.2. The fourth-order valence-corrected chi connectivity index (χ4v) is 3.51. The predicted octanol–water partition coefficient (Wildman–Crippen LogP) is 3.81. The Bertz CT molecular complexity index is 831. The summed E-state index contributed by atoms with van der Waals surface area (Å²) < 4.78 is 13.1. The fraction of sp³-hybridized carbons (Fsp3) is 0.333. The highest BCUT2D eigenvalue weighted by Crippen LogP contribution is 2.26. The van der Waals surface area contributed by atoms with Crippen molar-refractivity contribution in [2.45, 2.75) is 26.0 Å². The Morgan fingerprint density at radius 3 is 2.56 bits per heavy atom. The van der Waals surface area contributed by atoms with Gasteiger partial charge in [-0.25, -0.2) is 9.55 Å². The van der Waals surface area contributed by atoms with Crippen LogP contribution < -0.4 is 9.30 Å². The summed E-state index contributed by atoms with van der Waals surface area (Å²) in [7, 11) is 1.64. The van der Waals surface area contributed by atoms with Crippen LogP contribution in [0.3, 0.4) is 0 Å². The van der Waals surface area contributed by atoms with Gasteiger partial charge in [-0.1, -0.05) is 6.92 Å². The lowest BCUT2D eigenvalue weighted by Crippen LogP contribution is -2.40. The van der Waals surface area contributed by atoms with Crippen LogP contribution in [0.25, 0.3) is 22.8 Å². The minimum atomic E-state index is -0.343. The number of aliphatic hydroxyl groups excluding tert-OH is 1. The molecule has 3 aromatic rings. The van der Waals surface area contributed by atoms with Crippen molar-refractivity contribution in [2.75, 3.05) is 18.6 Å². The van der Waals surface area contributed by atoms with Gasteiger partial charge in [0.05, 0.1) is 13.3 Å². The van der Waals surface area contributed by atoms with E-state index in [0.717, 1.165) is 34.8 Å². The summed E-state index contributed by atoms with van der Waals surface area (Å²) in [6.07, 6.45) is 6.44. The second kappa shape index (κ2) is 9.58. The van der Waals surface area contributed by atoms with Gasteiger partial charge in [0.1, 0.15) is 11.9 Å². The summed E-state index contributed by atoms with van der Waals surface area (Å²) in [5.74, 6) is 3.94. The molecule has 5 nitrogen and oxygen atoms in total. The first-order valence-electron chi connectivity index (χ1n) is 9.05. The first-order chi connectivity index (χ1) is 13.2. The largest absolute Gasteiger partial charge is 0.497 e. The monoisotopic (exact) mass is 385 g/mol. The van der Waals surface area contributed by atoms with Crippen LogP contribution in [0.1, 0.15) is 13.3 Å². The van der Waals surface area contributed by atoms with E-state index in [1.807, 2.05) is 53.4 Å². The van der Waals surface area contributed by atoms with Gasteiger partial charge in [0.2, 0.25) is 5.89 Å². The second-order valence-electron chi connectivity index (χ2n) is 6.27. The van der Waals surface area contributed by atoms with E-state index >= 15 is 0 Å². The van der Waals surface area contributed by atoms with Crippen LogP contribution in [0.15, 0.2) is 59.4 Å². The average molecular weight is 386 g/mol. The molecule has 0 saturated heterocycles. The summed E-state index contributed by atoms with van der Waals surface area (Å²) in [6, 6.07) is 11.6. The Hall–Kier alpha value is -2.31. The Labute approximate surface area is 164 Å². The summed E-state index contributed by atoms with van der Waals surface area (Å²) in [6.45, 7) is 2.74. The number of ether oxygens (including phenoxy) is 1. The highest BCUT2D eigenvalue weighted by Gasteiger charge is 2.13. The topological polar surface area (TPSA) is 59.4 Å².